The fraction of sp³-hybridized carbons (Fsp3) is 0.440. The zero-order valence-electron chi connectivity index (χ0n) is 16.8. The van der Waals surface area contributed by atoms with Gasteiger partial charge in [0, 0.05) is 5.41 Å². The Labute approximate surface area is 159 Å². The predicted molar refractivity (Wildman–Crippen MR) is 114 cm³/mol. The highest BCUT2D eigenvalue weighted by Gasteiger charge is 2.36. The van der Waals surface area contributed by atoms with Gasteiger partial charge in [0.15, 0.2) is 0 Å². The first kappa shape index (κ1) is 18.9. The average Bonchev–Trinajstić information content (AvgIpc) is 2.75. The number of hydrogen-bond donors (Lipinski definition) is 0. The lowest BCUT2D eigenvalue weighted by molar-refractivity contribution is 0.196. The van der Waals surface area contributed by atoms with E-state index in [0.29, 0.717) is 0 Å². The molecule has 0 N–H and O–H groups in total. The third kappa shape index (κ3) is 3.78. The zero-order chi connectivity index (χ0) is 18.6. The quantitative estimate of drug-likeness (QED) is 0.631. The molecule has 0 saturated carbocycles. The smallest absolute Gasteiger partial charge is 0.0189 e. The van der Waals surface area contributed by atoms with Gasteiger partial charge < -0.3 is 4.90 Å². The lowest BCUT2D eigenvalue weighted by Crippen LogP contribution is -2.35. The molecule has 0 bridgehead atoms. The molecule has 1 aromatic carbocycles. The van der Waals surface area contributed by atoms with Crippen molar-refractivity contribution in [3.05, 3.63) is 76.9 Å². The summed E-state index contributed by atoms with van der Waals surface area (Å²) >= 11 is 0. The number of nitrogens with zero attached hydrogens (tertiary/aromatic N) is 1. The number of allylic oxidation sites excluding steroid dienone is 7. The molecular formula is C25H33N. The van der Waals surface area contributed by atoms with Crippen molar-refractivity contribution in [2.24, 2.45) is 5.92 Å². The van der Waals surface area contributed by atoms with Crippen LogP contribution in [0.15, 0.2) is 65.8 Å². The third-order valence-electron chi connectivity index (χ3n) is 6.12. The van der Waals surface area contributed by atoms with Crippen molar-refractivity contribution in [2.45, 2.75) is 45.4 Å². The van der Waals surface area contributed by atoms with Gasteiger partial charge in [-0.3, -0.25) is 0 Å². The number of fused-ring (bicyclic) bond motifs is 1. The van der Waals surface area contributed by atoms with E-state index in [-0.39, 0.29) is 5.41 Å². The second-order valence-electron chi connectivity index (χ2n) is 8.07. The zero-order valence-corrected chi connectivity index (χ0v) is 16.8. The van der Waals surface area contributed by atoms with Gasteiger partial charge in [0.1, 0.15) is 0 Å². The molecule has 1 heterocycles. The molecule has 0 amide bonds. The van der Waals surface area contributed by atoms with Crippen LogP contribution in [0.5, 0.6) is 0 Å². The predicted octanol–water partition coefficient (Wildman–Crippen LogP) is 6.15. The van der Waals surface area contributed by atoms with E-state index in [2.05, 4.69) is 93.4 Å². The molecule has 1 saturated heterocycles. The summed E-state index contributed by atoms with van der Waals surface area (Å²) in [5, 5.41) is 0. The van der Waals surface area contributed by atoms with Gasteiger partial charge in [0.05, 0.1) is 0 Å². The molecule has 1 fully saturated rings. The van der Waals surface area contributed by atoms with Gasteiger partial charge in [0.25, 0.3) is 0 Å². The Kier molecular flexibility index (Phi) is 5.98. The van der Waals surface area contributed by atoms with E-state index in [1.165, 1.54) is 54.6 Å². The number of piperidine rings is 1. The average molecular weight is 348 g/mol. The van der Waals surface area contributed by atoms with Crippen molar-refractivity contribution in [3.63, 3.8) is 0 Å². The van der Waals surface area contributed by atoms with Crippen LogP contribution in [-0.4, -0.2) is 25.0 Å². The van der Waals surface area contributed by atoms with Crippen LogP contribution in [0.3, 0.4) is 0 Å². The van der Waals surface area contributed by atoms with Gasteiger partial charge in [0.2, 0.25) is 0 Å². The molecule has 26 heavy (non-hydrogen) atoms. The van der Waals surface area contributed by atoms with E-state index in [1.54, 1.807) is 0 Å². The lowest BCUT2D eigenvalue weighted by Gasteiger charge is -2.39. The maximum absolute atomic E-state index is 2.47. The molecule has 138 valence electrons. The second kappa shape index (κ2) is 8.22. The van der Waals surface area contributed by atoms with Gasteiger partial charge in [-0.2, -0.15) is 0 Å². The second-order valence-corrected chi connectivity index (χ2v) is 8.07. The molecule has 1 unspecified atom stereocenters. The summed E-state index contributed by atoms with van der Waals surface area (Å²) in [5.41, 5.74) is 5.69. The van der Waals surface area contributed by atoms with Crippen LogP contribution in [0.2, 0.25) is 0 Å². The summed E-state index contributed by atoms with van der Waals surface area (Å²) in [6, 6.07) is 8.98. The van der Waals surface area contributed by atoms with Gasteiger partial charge in [-0.05, 0) is 81.4 Å². The van der Waals surface area contributed by atoms with Crippen molar-refractivity contribution in [3.8, 4) is 0 Å². The SMILES string of the molecule is C/C=C\C1=C(/C=C\C)C(C)(CC2CCN(C)CC2)c2ccccc2C=C1. The molecule has 0 spiro atoms. The molecule has 1 aliphatic carbocycles. The normalized spacial score (nSPS) is 25.2. The molecule has 1 nitrogen and oxygen atoms in total. The van der Waals surface area contributed by atoms with Crippen LogP contribution < -0.4 is 0 Å². The molecule has 0 radical (unpaired) electrons. The molecule has 1 atom stereocenters. The Balaban J connectivity index is 2.10. The molecule has 1 aliphatic heterocycles. The number of hydrogen-bond acceptors (Lipinski definition) is 1. The monoisotopic (exact) mass is 347 g/mol. The van der Waals surface area contributed by atoms with Crippen LogP contribution in [0.1, 0.15) is 51.2 Å². The summed E-state index contributed by atoms with van der Waals surface area (Å²) in [5.74, 6) is 0.787. The summed E-state index contributed by atoms with van der Waals surface area (Å²) in [6.45, 7) is 9.17. The molecule has 3 rings (SSSR count). The fourth-order valence-electron chi connectivity index (χ4n) is 4.71. The first-order valence-corrected chi connectivity index (χ1v) is 10.0. The first-order valence-electron chi connectivity index (χ1n) is 10.0. The number of likely N-dealkylation sites (tertiary alicyclic amines) is 1. The van der Waals surface area contributed by atoms with Crippen molar-refractivity contribution in [1.82, 2.24) is 4.90 Å². The highest BCUT2D eigenvalue weighted by atomic mass is 15.1. The Bertz CT molecular complexity index is 741. The topological polar surface area (TPSA) is 3.24 Å². The largest absolute Gasteiger partial charge is 0.306 e. The highest BCUT2D eigenvalue weighted by Crippen LogP contribution is 2.45. The van der Waals surface area contributed by atoms with Crippen LogP contribution in [-0.2, 0) is 5.41 Å². The molecule has 1 heteroatoms. The van der Waals surface area contributed by atoms with Crippen molar-refractivity contribution in [2.75, 3.05) is 20.1 Å². The van der Waals surface area contributed by atoms with Crippen molar-refractivity contribution < 1.29 is 0 Å². The van der Waals surface area contributed by atoms with Crippen molar-refractivity contribution in [1.29, 1.82) is 0 Å². The Hall–Kier alpha value is -1.86. The summed E-state index contributed by atoms with van der Waals surface area (Å²) < 4.78 is 0. The van der Waals surface area contributed by atoms with Gasteiger partial charge in [-0.15, -0.1) is 0 Å². The first-order chi connectivity index (χ1) is 12.6. The summed E-state index contributed by atoms with van der Waals surface area (Å²) in [7, 11) is 2.25. The Morgan fingerprint density at radius 3 is 2.42 bits per heavy atom. The molecule has 2 aliphatic rings. The minimum Gasteiger partial charge on any atom is -0.306 e. The van der Waals surface area contributed by atoms with Crippen LogP contribution in [0.4, 0.5) is 0 Å². The Morgan fingerprint density at radius 1 is 1.04 bits per heavy atom. The van der Waals surface area contributed by atoms with E-state index >= 15 is 0 Å². The van der Waals surface area contributed by atoms with Gasteiger partial charge >= 0.3 is 0 Å². The summed E-state index contributed by atoms with van der Waals surface area (Å²) in [6.07, 6.45) is 17.4. The van der Waals surface area contributed by atoms with E-state index in [0.717, 1.165) is 5.92 Å². The standard InChI is InChI=1S/C25H33N/c1-5-9-21-13-14-22-11-7-8-12-24(22)25(3,23(21)10-6-2)19-20-15-17-26(4)18-16-20/h5-14,20H,15-19H2,1-4H3/b9-5-,10-6-. The maximum Gasteiger partial charge on any atom is 0.0189 e. The molecular weight excluding hydrogens is 314 g/mol. The van der Waals surface area contributed by atoms with Crippen molar-refractivity contribution >= 4 is 6.08 Å². The van der Waals surface area contributed by atoms with E-state index in [9.17, 15) is 0 Å². The van der Waals surface area contributed by atoms with Crippen LogP contribution in [0, 0.1) is 5.92 Å². The lowest BCUT2D eigenvalue weighted by atomic mass is 9.67. The Morgan fingerprint density at radius 2 is 1.73 bits per heavy atom. The van der Waals surface area contributed by atoms with Gasteiger partial charge in [-0.1, -0.05) is 67.6 Å². The molecule has 1 aromatic rings. The summed E-state index contributed by atoms with van der Waals surface area (Å²) in [4.78, 5) is 2.47. The van der Waals surface area contributed by atoms with E-state index < -0.39 is 0 Å². The highest BCUT2D eigenvalue weighted by molar-refractivity contribution is 5.67. The van der Waals surface area contributed by atoms with Crippen LogP contribution >= 0.6 is 0 Å². The van der Waals surface area contributed by atoms with Crippen LogP contribution in [0.25, 0.3) is 6.08 Å². The minimum absolute atomic E-state index is 0.0437. The molecule has 0 aromatic heterocycles. The fourth-order valence-corrected chi connectivity index (χ4v) is 4.71. The van der Waals surface area contributed by atoms with Gasteiger partial charge in [-0.25, -0.2) is 0 Å². The van der Waals surface area contributed by atoms with E-state index in [1.807, 2.05) is 0 Å². The third-order valence-corrected chi connectivity index (χ3v) is 6.12. The minimum atomic E-state index is 0.0437. The number of rotatable bonds is 4. The van der Waals surface area contributed by atoms with E-state index in [4.69, 9.17) is 0 Å². The number of benzene rings is 1. The maximum atomic E-state index is 2.47.